The minimum absolute atomic E-state index is 0.119. The van der Waals surface area contributed by atoms with E-state index in [1.165, 1.54) is 0 Å². The number of fused-ring (bicyclic) bond motifs is 2. The van der Waals surface area contributed by atoms with E-state index in [0.717, 1.165) is 27.8 Å². The van der Waals surface area contributed by atoms with Crippen molar-refractivity contribution in [3.05, 3.63) is 40.8 Å². The zero-order chi connectivity index (χ0) is 27.8. The number of hydrogen-bond donors (Lipinski definition) is 1. The van der Waals surface area contributed by atoms with Crippen molar-refractivity contribution in [2.24, 2.45) is 0 Å². The molecule has 0 saturated carbocycles. The Morgan fingerprint density at radius 3 is 2.62 bits per heavy atom. The van der Waals surface area contributed by atoms with Crippen LogP contribution in [-0.4, -0.2) is 70.1 Å². The van der Waals surface area contributed by atoms with Crippen LogP contribution >= 0.6 is 11.6 Å². The second-order valence-electron chi connectivity index (χ2n) is 10.5. The van der Waals surface area contributed by atoms with Gasteiger partial charge in [0.1, 0.15) is 18.1 Å². The third kappa shape index (κ3) is 6.29. The van der Waals surface area contributed by atoms with Crippen LogP contribution in [0.1, 0.15) is 11.4 Å². The number of benzene rings is 1. The van der Waals surface area contributed by atoms with E-state index in [-0.39, 0.29) is 30.8 Å². The van der Waals surface area contributed by atoms with Gasteiger partial charge < -0.3 is 24.3 Å². The summed E-state index contributed by atoms with van der Waals surface area (Å²) in [5.41, 5.74) is 0.273. The number of halogens is 4. The third-order valence-electron chi connectivity index (χ3n) is 6.37. The lowest BCUT2D eigenvalue weighted by Gasteiger charge is -2.27. The van der Waals surface area contributed by atoms with Gasteiger partial charge in [-0.2, -0.15) is 32.8 Å². The molecule has 0 radical (unpaired) electrons. The van der Waals surface area contributed by atoms with Crippen LogP contribution in [0.25, 0.3) is 16.7 Å². The molecular formula is C24H30ClF3N8O2Si. The maximum absolute atomic E-state index is 13.7. The summed E-state index contributed by atoms with van der Waals surface area (Å²) >= 11 is 6.26. The third-order valence-corrected chi connectivity index (χ3v) is 8.31. The number of nitrogens with one attached hydrogen (secondary N) is 1. The summed E-state index contributed by atoms with van der Waals surface area (Å²) in [4.78, 5) is 15.3. The van der Waals surface area contributed by atoms with Crippen molar-refractivity contribution in [1.82, 2.24) is 29.1 Å². The molecule has 0 amide bonds. The van der Waals surface area contributed by atoms with Gasteiger partial charge in [-0.1, -0.05) is 31.2 Å². The normalized spacial score (nSPS) is 15.0. The molecule has 1 fully saturated rings. The van der Waals surface area contributed by atoms with E-state index in [1.807, 2.05) is 16.7 Å². The summed E-state index contributed by atoms with van der Waals surface area (Å²) in [6.45, 7) is 9.69. The Balaban J connectivity index is 1.47. The molecule has 15 heteroatoms. The summed E-state index contributed by atoms with van der Waals surface area (Å²) in [6.07, 6.45) is -3.85. The number of rotatable bonds is 9. The Kier molecular flexibility index (Phi) is 7.72. The number of nitrogens with zero attached hydrogens (tertiary/aromatic N) is 7. The van der Waals surface area contributed by atoms with E-state index in [1.54, 1.807) is 11.0 Å². The molecule has 0 spiro atoms. The molecule has 0 bridgehead atoms. The van der Waals surface area contributed by atoms with Crippen LogP contribution in [0.3, 0.4) is 0 Å². The first-order valence-corrected chi connectivity index (χ1v) is 16.7. The zero-order valence-corrected chi connectivity index (χ0v) is 23.7. The molecule has 1 saturated heterocycles. The van der Waals surface area contributed by atoms with Crippen LogP contribution in [0.5, 0.6) is 0 Å². The Hall–Kier alpha value is -2.94. The van der Waals surface area contributed by atoms with Gasteiger partial charge in [-0.25, -0.2) is 4.98 Å². The molecule has 0 atom stereocenters. The minimum Gasteiger partial charge on any atom is -0.378 e. The molecule has 4 heterocycles. The minimum atomic E-state index is -4.61. The number of ether oxygens (including phenoxy) is 2. The number of hydrogen-bond acceptors (Lipinski definition) is 8. The fourth-order valence-corrected chi connectivity index (χ4v) is 5.13. The van der Waals surface area contributed by atoms with E-state index in [4.69, 9.17) is 26.1 Å². The lowest BCUT2D eigenvalue weighted by Crippen LogP contribution is -2.37. The number of anilines is 2. The van der Waals surface area contributed by atoms with Crippen LogP contribution in [-0.2, 0) is 28.9 Å². The first-order chi connectivity index (χ1) is 18.5. The smallest absolute Gasteiger partial charge is 0.378 e. The number of aromatic nitrogens is 6. The molecule has 0 aliphatic carbocycles. The fourth-order valence-electron chi connectivity index (χ4n) is 4.20. The van der Waals surface area contributed by atoms with Crippen LogP contribution in [0, 0.1) is 0 Å². The topological polar surface area (TPSA) is 94.6 Å². The van der Waals surface area contributed by atoms with Crippen molar-refractivity contribution in [2.45, 2.75) is 45.1 Å². The first-order valence-electron chi connectivity index (χ1n) is 12.6. The molecule has 1 aromatic carbocycles. The molecule has 5 rings (SSSR count). The second-order valence-corrected chi connectivity index (χ2v) is 16.6. The van der Waals surface area contributed by atoms with Crippen molar-refractivity contribution in [3.63, 3.8) is 0 Å². The molecule has 1 aliphatic heterocycles. The number of alkyl halides is 3. The number of morpholine rings is 1. The van der Waals surface area contributed by atoms with Gasteiger partial charge in [0.05, 0.1) is 37.0 Å². The van der Waals surface area contributed by atoms with Crippen LogP contribution in [0.15, 0.2) is 24.4 Å². The van der Waals surface area contributed by atoms with Gasteiger partial charge in [-0.05, 0) is 24.2 Å². The van der Waals surface area contributed by atoms with E-state index in [2.05, 4.69) is 40.0 Å². The van der Waals surface area contributed by atoms with Gasteiger partial charge in [-0.3, -0.25) is 0 Å². The summed E-state index contributed by atoms with van der Waals surface area (Å²) in [7, 11) is -1.27. The highest BCUT2D eigenvalue weighted by Crippen LogP contribution is 2.33. The molecule has 10 nitrogen and oxygen atoms in total. The predicted molar refractivity (Wildman–Crippen MR) is 145 cm³/mol. The van der Waals surface area contributed by atoms with Crippen molar-refractivity contribution >= 4 is 48.3 Å². The summed E-state index contributed by atoms with van der Waals surface area (Å²) in [5.74, 6) is 0.908. The van der Waals surface area contributed by atoms with Crippen molar-refractivity contribution in [2.75, 3.05) is 43.1 Å². The maximum atomic E-state index is 13.7. The molecule has 3 aromatic heterocycles. The van der Waals surface area contributed by atoms with Crippen molar-refractivity contribution < 1.29 is 22.6 Å². The average Bonchev–Trinajstić information content (AvgIpc) is 3.46. The Morgan fingerprint density at radius 2 is 1.90 bits per heavy atom. The lowest BCUT2D eigenvalue weighted by molar-refractivity contribution is -0.136. The average molecular weight is 583 g/mol. The van der Waals surface area contributed by atoms with E-state index >= 15 is 0 Å². The molecule has 1 N–H and O–H groups in total. The van der Waals surface area contributed by atoms with Crippen LogP contribution in [0.4, 0.5) is 25.1 Å². The molecule has 1 aliphatic rings. The lowest BCUT2D eigenvalue weighted by atomic mass is 10.3. The zero-order valence-electron chi connectivity index (χ0n) is 21.9. The van der Waals surface area contributed by atoms with Crippen LogP contribution in [0.2, 0.25) is 30.7 Å². The summed E-state index contributed by atoms with van der Waals surface area (Å²) < 4.78 is 55.5. The van der Waals surface area contributed by atoms with Gasteiger partial charge in [0.15, 0.2) is 5.65 Å². The maximum Gasteiger partial charge on any atom is 0.421 e. The highest BCUT2D eigenvalue weighted by atomic mass is 35.5. The second kappa shape index (κ2) is 10.9. The van der Waals surface area contributed by atoms with Crippen molar-refractivity contribution in [3.8, 4) is 0 Å². The predicted octanol–water partition coefficient (Wildman–Crippen LogP) is 4.91. The quantitative estimate of drug-likeness (QED) is 0.220. The fraction of sp³-hybridized carbons (Fsp3) is 0.500. The standard InChI is InChI=1S/C24H30ClF3N8O2Si/c1-39(2,3)11-10-38-15-35-19-12-16(25)4-5-18(19)31-20(35)14-29-22-33-23(34-6-8-37-9-7-34)32-21-17(24(26,27)28)13-30-36(21)22/h4-5,12-13H,6-11,14-15H2,1-3H3,(H,29,32,33). The van der Waals surface area contributed by atoms with E-state index in [0.29, 0.717) is 43.8 Å². The monoisotopic (exact) mass is 582 g/mol. The van der Waals surface area contributed by atoms with E-state index < -0.39 is 19.8 Å². The number of imidazole rings is 1. The highest BCUT2D eigenvalue weighted by molar-refractivity contribution is 6.76. The molecule has 4 aromatic rings. The molecule has 210 valence electrons. The molecule has 0 unspecified atom stereocenters. The SMILES string of the molecule is C[Si](C)(C)CCOCn1c(CNc2nc(N3CCOCC3)nc3c(C(F)(F)F)cnn23)nc2ccc(Cl)cc21. The highest BCUT2D eigenvalue weighted by Gasteiger charge is 2.36. The van der Waals surface area contributed by atoms with E-state index in [9.17, 15) is 13.2 Å². The van der Waals surface area contributed by atoms with Crippen LogP contribution < -0.4 is 10.2 Å². The van der Waals surface area contributed by atoms with Crippen molar-refractivity contribution in [1.29, 1.82) is 0 Å². The summed E-state index contributed by atoms with van der Waals surface area (Å²) in [5, 5.41) is 7.65. The first kappa shape index (κ1) is 27.6. The Labute approximate surface area is 229 Å². The Bertz CT molecular complexity index is 1460. The van der Waals surface area contributed by atoms with Gasteiger partial charge in [0.2, 0.25) is 11.9 Å². The Morgan fingerprint density at radius 1 is 1.13 bits per heavy atom. The van der Waals surface area contributed by atoms with Gasteiger partial charge in [0, 0.05) is 32.8 Å². The van der Waals surface area contributed by atoms with Gasteiger partial charge in [-0.15, -0.1) is 0 Å². The largest absolute Gasteiger partial charge is 0.421 e. The van der Waals surface area contributed by atoms with Gasteiger partial charge in [0.25, 0.3) is 0 Å². The van der Waals surface area contributed by atoms with Gasteiger partial charge >= 0.3 is 6.18 Å². The molecule has 39 heavy (non-hydrogen) atoms. The molecular weight excluding hydrogens is 553 g/mol. The summed E-state index contributed by atoms with van der Waals surface area (Å²) in [6, 6.07) is 6.41.